The van der Waals surface area contributed by atoms with Gasteiger partial charge in [0, 0.05) is 6.42 Å². The SMILES string of the molecule is C=CC1(C)CC[C@H]2C3CCC4=CC(=O)CC[C@]4(C)[C@H]3CC[C@@]21C. The highest BCUT2D eigenvalue weighted by molar-refractivity contribution is 5.91. The lowest BCUT2D eigenvalue weighted by atomic mass is 9.45. The summed E-state index contributed by atoms with van der Waals surface area (Å²) in [6.45, 7) is 11.7. The van der Waals surface area contributed by atoms with Gasteiger partial charge >= 0.3 is 0 Å². The first-order chi connectivity index (χ1) is 10.8. The molecule has 1 nitrogen and oxygen atoms in total. The van der Waals surface area contributed by atoms with Crippen molar-refractivity contribution in [2.45, 2.75) is 72.1 Å². The van der Waals surface area contributed by atoms with E-state index in [0.717, 1.165) is 30.6 Å². The Morgan fingerprint density at radius 2 is 1.78 bits per heavy atom. The summed E-state index contributed by atoms with van der Waals surface area (Å²) in [5, 5.41) is 0. The molecule has 2 unspecified atom stereocenters. The van der Waals surface area contributed by atoms with Crippen molar-refractivity contribution in [1.82, 2.24) is 0 Å². The number of carbonyl (C=O) groups excluding carboxylic acids is 1. The Bertz CT molecular complexity index is 587. The number of ketones is 1. The van der Waals surface area contributed by atoms with Crippen molar-refractivity contribution in [3.05, 3.63) is 24.3 Å². The minimum atomic E-state index is 0.311. The van der Waals surface area contributed by atoms with E-state index < -0.39 is 0 Å². The summed E-state index contributed by atoms with van der Waals surface area (Å²) in [6.07, 6.45) is 14.0. The molecule has 0 bridgehead atoms. The Balaban J connectivity index is 1.70. The van der Waals surface area contributed by atoms with Crippen LogP contribution in [0.5, 0.6) is 0 Å². The van der Waals surface area contributed by atoms with Crippen LogP contribution in [0.15, 0.2) is 24.3 Å². The molecule has 0 aliphatic heterocycles. The first-order valence-electron chi connectivity index (χ1n) is 9.71. The van der Waals surface area contributed by atoms with E-state index in [4.69, 9.17) is 0 Å². The Labute approximate surface area is 141 Å². The average molecular weight is 312 g/mol. The first kappa shape index (κ1) is 15.7. The van der Waals surface area contributed by atoms with Crippen LogP contribution in [-0.4, -0.2) is 5.78 Å². The zero-order valence-electron chi connectivity index (χ0n) is 15.2. The van der Waals surface area contributed by atoms with Gasteiger partial charge in [-0.25, -0.2) is 0 Å². The van der Waals surface area contributed by atoms with Crippen LogP contribution in [0.3, 0.4) is 0 Å². The minimum absolute atomic E-state index is 0.311. The average Bonchev–Trinajstić information content (AvgIpc) is 2.80. The van der Waals surface area contributed by atoms with Crippen molar-refractivity contribution in [3.63, 3.8) is 0 Å². The summed E-state index contributed by atoms with van der Waals surface area (Å²) < 4.78 is 0. The van der Waals surface area contributed by atoms with Crippen LogP contribution in [0.1, 0.15) is 72.1 Å². The van der Waals surface area contributed by atoms with E-state index in [0.29, 0.717) is 22.0 Å². The van der Waals surface area contributed by atoms with Gasteiger partial charge in [-0.05, 0) is 85.0 Å². The van der Waals surface area contributed by atoms with Gasteiger partial charge in [-0.1, -0.05) is 32.4 Å². The Kier molecular flexibility index (Phi) is 3.29. The molecule has 4 aliphatic carbocycles. The van der Waals surface area contributed by atoms with E-state index in [1.54, 1.807) is 0 Å². The fraction of sp³-hybridized carbons (Fsp3) is 0.773. The number of hydrogen-bond donors (Lipinski definition) is 0. The van der Waals surface area contributed by atoms with E-state index in [1.807, 2.05) is 6.08 Å². The zero-order chi connectivity index (χ0) is 16.5. The smallest absolute Gasteiger partial charge is 0.155 e. The summed E-state index contributed by atoms with van der Waals surface area (Å²) in [6, 6.07) is 0. The second-order valence-corrected chi connectivity index (χ2v) is 9.59. The lowest BCUT2D eigenvalue weighted by Gasteiger charge is -2.59. The molecule has 0 amide bonds. The third-order valence-electron chi connectivity index (χ3n) is 9.08. The van der Waals surface area contributed by atoms with E-state index in [2.05, 4.69) is 33.4 Å². The molecule has 0 aromatic heterocycles. The molecular weight excluding hydrogens is 280 g/mol. The standard InChI is InChI=1S/C22H32O/c1-5-20(2)11-9-19-17-7-6-15-14-16(23)8-12-21(15,3)18(17)10-13-22(19,20)4/h5,14,17-19H,1,6-13H2,2-4H3/t17?,18-,19-,20?,21-,22-/m0/s1. The summed E-state index contributed by atoms with van der Waals surface area (Å²) in [5.41, 5.74) is 2.56. The lowest BCUT2D eigenvalue weighted by Crippen LogP contribution is -2.51. The summed E-state index contributed by atoms with van der Waals surface area (Å²) in [4.78, 5) is 11.9. The van der Waals surface area contributed by atoms with Crippen LogP contribution in [-0.2, 0) is 4.79 Å². The van der Waals surface area contributed by atoms with Crippen molar-refractivity contribution >= 4 is 5.78 Å². The highest BCUT2D eigenvalue weighted by Gasteiger charge is 2.61. The van der Waals surface area contributed by atoms with Crippen molar-refractivity contribution in [3.8, 4) is 0 Å². The number of allylic oxidation sites excluding steroid dienone is 2. The third-order valence-corrected chi connectivity index (χ3v) is 9.08. The third kappa shape index (κ3) is 1.88. The molecule has 0 aromatic rings. The Morgan fingerprint density at radius 3 is 2.52 bits per heavy atom. The molecule has 23 heavy (non-hydrogen) atoms. The highest BCUT2D eigenvalue weighted by atomic mass is 16.1. The molecule has 0 radical (unpaired) electrons. The molecule has 0 spiro atoms. The predicted molar refractivity (Wildman–Crippen MR) is 95.0 cm³/mol. The molecule has 126 valence electrons. The summed E-state index contributed by atoms with van der Waals surface area (Å²) >= 11 is 0. The Hall–Kier alpha value is -0.850. The van der Waals surface area contributed by atoms with E-state index >= 15 is 0 Å². The summed E-state index contributed by atoms with van der Waals surface area (Å²) in [7, 11) is 0. The highest BCUT2D eigenvalue weighted by Crippen LogP contribution is 2.69. The van der Waals surface area contributed by atoms with Crippen LogP contribution < -0.4 is 0 Å². The molecule has 4 rings (SSSR count). The maximum atomic E-state index is 11.9. The molecule has 4 aliphatic rings. The molecule has 3 saturated carbocycles. The minimum Gasteiger partial charge on any atom is -0.295 e. The van der Waals surface area contributed by atoms with Crippen molar-refractivity contribution in [1.29, 1.82) is 0 Å². The van der Waals surface area contributed by atoms with Gasteiger partial charge in [0.15, 0.2) is 5.78 Å². The van der Waals surface area contributed by atoms with E-state index in [1.165, 1.54) is 44.1 Å². The second-order valence-electron chi connectivity index (χ2n) is 9.59. The maximum Gasteiger partial charge on any atom is 0.155 e. The van der Waals surface area contributed by atoms with Crippen molar-refractivity contribution in [2.24, 2.45) is 34.0 Å². The quantitative estimate of drug-likeness (QED) is 0.567. The van der Waals surface area contributed by atoms with Gasteiger partial charge in [-0.15, -0.1) is 6.58 Å². The molecular formula is C22H32O. The summed E-state index contributed by atoms with van der Waals surface area (Å²) in [5.74, 6) is 2.91. The van der Waals surface area contributed by atoms with E-state index in [-0.39, 0.29) is 0 Å². The topological polar surface area (TPSA) is 17.1 Å². The molecule has 3 fully saturated rings. The van der Waals surface area contributed by atoms with Crippen LogP contribution in [0.4, 0.5) is 0 Å². The Morgan fingerprint density at radius 1 is 1.04 bits per heavy atom. The van der Waals surface area contributed by atoms with Gasteiger partial charge in [0.2, 0.25) is 0 Å². The van der Waals surface area contributed by atoms with Gasteiger partial charge in [0.1, 0.15) is 0 Å². The molecule has 0 aromatic carbocycles. The fourth-order valence-corrected chi connectivity index (χ4v) is 7.20. The number of rotatable bonds is 1. The number of fused-ring (bicyclic) bond motifs is 5. The number of carbonyl (C=O) groups is 1. The van der Waals surface area contributed by atoms with Crippen LogP contribution in [0.25, 0.3) is 0 Å². The maximum absolute atomic E-state index is 11.9. The number of hydrogen-bond acceptors (Lipinski definition) is 1. The van der Waals surface area contributed by atoms with Gasteiger partial charge < -0.3 is 0 Å². The normalized spacial score (nSPS) is 52.2. The molecule has 0 heterocycles. The first-order valence-corrected chi connectivity index (χ1v) is 9.71. The fourth-order valence-electron chi connectivity index (χ4n) is 7.20. The van der Waals surface area contributed by atoms with Gasteiger partial charge in [-0.2, -0.15) is 0 Å². The van der Waals surface area contributed by atoms with Crippen LogP contribution >= 0.6 is 0 Å². The van der Waals surface area contributed by atoms with Gasteiger partial charge in [0.25, 0.3) is 0 Å². The predicted octanol–water partition coefficient (Wildman–Crippen LogP) is 5.71. The molecule has 6 atom stereocenters. The lowest BCUT2D eigenvalue weighted by molar-refractivity contribution is -0.117. The second kappa shape index (κ2) is 4.83. The van der Waals surface area contributed by atoms with Crippen LogP contribution in [0.2, 0.25) is 0 Å². The molecule has 0 saturated heterocycles. The van der Waals surface area contributed by atoms with E-state index in [9.17, 15) is 4.79 Å². The molecule has 0 N–H and O–H groups in total. The zero-order valence-corrected chi connectivity index (χ0v) is 15.2. The van der Waals surface area contributed by atoms with Gasteiger partial charge in [-0.3, -0.25) is 4.79 Å². The molecule has 1 heteroatoms. The largest absolute Gasteiger partial charge is 0.295 e. The van der Waals surface area contributed by atoms with Crippen molar-refractivity contribution < 1.29 is 4.79 Å². The van der Waals surface area contributed by atoms with Crippen LogP contribution in [0, 0.1) is 34.0 Å². The van der Waals surface area contributed by atoms with Crippen molar-refractivity contribution in [2.75, 3.05) is 0 Å². The van der Waals surface area contributed by atoms with Gasteiger partial charge in [0.05, 0.1) is 0 Å². The monoisotopic (exact) mass is 312 g/mol.